The molecule has 0 aliphatic carbocycles. The third-order valence-corrected chi connectivity index (χ3v) is 3.04. The lowest BCUT2D eigenvalue weighted by atomic mass is 10.2. The number of nitrogens with zero attached hydrogens (tertiary/aromatic N) is 1. The van der Waals surface area contributed by atoms with Gasteiger partial charge < -0.3 is 9.32 Å². The van der Waals surface area contributed by atoms with Crippen molar-refractivity contribution in [3.63, 3.8) is 0 Å². The first kappa shape index (κ1) is 12.6. The molecule has 0 aliphatic rings. The fourth-order valence-corrected chi connectivity index (χ4v) is 2.01. The van der Waals surface area contributed by atoms with Gasteiger partial charge in [-0.15, -0.1) is 0 Å². The Morgan fingerprint density at radius 2 is 2.17 bits per heavy atom. The molecule has 0 N–H and O–H groups in total. The number of carbonyl (C=O) groups excluding carboxylic acids is 1. The van der Waals surface area contributed by atoms with Crippen molar-refractivity contribution in [3.05, 3.63) is 51.8 Å². The Morgan fingerprint density at radius 3 is 2.83 bits per heavy atom. The zero-order chi connectivity index (χ0) is 13.3. The minimum absolute atomic E-state index is 0.290. The van der Waals surface area contributed by atoms with Crippen LogP contribution in [0.4, 0.5) is 5.69 Å². The van der Waals surface area contributed by atoms with Crippen LogP contribution in [0.1, 0.15) is 0 Å². The van der Waals surface area contributed by atoms with Gasteiger partial charge in [0.15, 0.2) is 0 Å². The second kappa shape index (κ2) is 4.78. The summed E-state index contributed by atoms with van der Waals surface area (Å²) in [6.07, 6.45) is 1.19. The zero-order valence-electron chi connectivity index (χ0n) is 9.64. The fraction of sp³-hybridized carbons (Fsp3) is 0.0769. The number of carbonyl (C=O) groups is 1. The van der Waals surface area contributed by atoms with Crippen molar-refractivity contribution in [1.82, 2.24) is 0 Å². The SMILES string of the molecule is C=CC(=O)N(C)c1cc(=O)oc2ccc(Br)cc12. The average Bonchev–Trinajstić information content (AvgIpc) is 2.36. The highest BCUT2D eigenvalue weighted by Crippen LogP contribution is 2.27. The number of anilines is 1. The van der Waals surface area contributed by atoms with Crippen molar-refractivity contribution >= 4 is 38.5 Å². The first-order chi connectivity index (χ1) is 8.52. The van der Waals surface area contributed by atoms with E-state index in [1.807, 2.05) is 0 Å². The summed E-state index contributed by atoms with van der Waals surface area (Å²) in [4.78, 5) is 24.4. The smallest absolute Gasteiger partial charge is 0.338 e. The molecule has 18 heavy (non-hydrogen) atoms. The molecule has 1 aromatic carbocycles. The summed E-state index contributed by atoms with van der Waals surface area (Å²) in [5, 5.41) is 0.682. The maximum absolute atomic E-state index is 11.6. The van der Waals surface area contributed by atoms with Crippen LogP contribution in [0.2, 0.25) is 0 Å². The van der Waals surface area contributed by atoms with E-state index in [1.54, 1.807) is 25.2 Å². The molecule has 92 valence electrons. The normalized spacial score (nSPS) is 10.3. The highest BCUT2D eigenvalue weighted by molar-refractivity contribution is 9.10. The predicted molar refractivity (Wildman–Crippen MR) is 73.8 cm³/mol. The summed E-state index contributed by atoms with van der Waals surface area (Å²) in [5.41, 5.74) is 0.431. The molecule has 4 nitrogen and oxygen atoms in total. The molecular weight excluding hydrogens is 298 g/mol. The number of hydrogen-bond acceptors (Lipinski definition) is 3. The Balaban J connectivity index is 2.75. The fourth-order valence-electron chi connectivity index (χ4n) is 1.65. The van der Waals surface area contributed by atoms with Crippen LogP contribution in [0.5, 0.6) is 0 Å². The summed E-state index contributed by atoms with van der Waals surface area (Å²) >= 11 is 3.34. The van der Waals surface area contributed by atoms with E-state index < -0.39 is 5.63 Å². The lowest BCUT2D eigenvalue weighted by Crippen LogP contribution is -2.25. The van der Waals surface area contributed by atoms with Gasteiger partial charge in [0.2, 0.25) is 5.91 Å². The van der Waals surface area contributed by atoms with Gasteiger partial charge in [-0.3, -0.25) is 4.79 Å². The second-order valence-electron chi connectivity index (χ2n) is 3.69. The van der Waals surface area contributed by atoms with E-state index in [2.05, 4.69) is 22.5 Å². The standard InChI is InChI=1S/C13H10BrNO3/c1-3-12(16)15(2)10-7-13(17)18-11-5-4-8(14)6-9(10)11/h3-7H,1H2,2H3. The Morgan fingerprint density at radius 1 is 1.44 bits per heavy atom. The first-order valence-corrected chi connectivity index (χ1v) is 5.96. The molecule has 0 unspecified atom stereocenters. The van der Waals surface area contributed by atoms with Gasteiger partial charge in [-0.2, -0.15) is 0 Å². The Labute approximate surface area is 112 Å². The number of amides is 1. The molecule has 1 amide bonds. The van der Waals surface area contributed by atoms with Crippen LogP contribution >= 0.6 is 15.9 Å². The topological polar surface area (TPSA) is 50.5 Å². The van der Waals surface area contributed by atoms with Gasteiger partial charge in [0.1, 0.15) is 5.58 Å². The number of fused-ring (bicyclic) bond motifs is 1. The van der Waals surface area contributed by atoms with E-state index in [0.29, 0.717) is 16.7 Å². The highest BCUT2D eigenvalue weighted by atomic mass is 79.9. The van der Waals surface area contributed by atoms with E-state index in [4.69, 9.17) is 4.42 Å². The van der Waals surface area contributed by atoms with Crippen molar-refractivity contribution < 1.29 is 9.21 Å². The van der Waals surface area contributed by atoms with Crippen LogP contribution < -0.4 is 10.5 Å². The van der Waals surface area contributed by atoms with Crippen LogP contribution in [-0.2, 0) is 4.79 Å². The van der Waals surface area contributed by atoms with Crippen LogP contribution in [0.15, 0.2) is 50.6 Å². The van der Waals surface area contributed by atoms with Gasteiger partial charge in [0, 0.05) is 23.0 Å². The van der Waals surface area contributed by atoms with E-state index in [0.717, 1.165) is 4.47 Å². The molecule has 0 saturated carbocycles. The monoisotopic (exact) mass is 307 g/mol. The molecule has 2 aromatic rings. The molecule has 1 heterocycles. The lowest BCUT2D eigenvalue weighted by molar-refractivity contribution is -0.113. The number of halogens is 1. The Kier molecular flexibility index (Phi) is 3.34. The van der Waals surface area contributed by atoms with E-state index in [1.165, 1.54) is 17.0 Å². The highest BCUT2D eigenvalue weighted by Gasteiger charge is 2.13. The van der Waals surface area contributed by atoms with Crippen molar-refractivity contribution in [2.45, 2.75) is 0 Å². The van der Waals surface area contributed by atoms with Crippen LogP contribution in [0.3, 0.4) is 0 Å². The summed E-state index contributed by atoms with van der Waals surface area (Å²) in [6.45, 7) is 3.43. The van der Waals surface area contributed by atoms with Crippen molar-refractivity contribution in [2.75, 3.05) is 11.9 Å². The molecule has 0 spiro atoms. The number of benzene rings is 1. The molecule has 0 radical (unpaired) electrons. The third kappa shape index (κ3) is 2.22. The second-order valence-corrected chi connectivity index (χ2v) is 4.61. The van der Waals surface area contributed by atoms with Gasteiger partial charge in [-0.1, -0.05) is 22.5 Å². The molecule has 0 bridgehead atoms. The molecule has 0 atom stereocenters. The minimum atomic E-state index is -0.497. The van der Waals surface area contributed by atoms with Gasteiger partial charge >= 0.3 is 5.63 Å². The van der Waals surface area contributed by atoms with Crippen LogP contribution in [0.25, 0.3) is 11.0 Å². The first-order valence-electron chi connectivity index (χ1n) is 5.16. The quantitative estimate of drug-likeness (QED) is 0.633. The van der Waals surface area contributed by atoms with Crippen LogP contribution in [0, 0.1) is 0 Å². The molecule has 0 saturated heterocycles. The minimum Gasteiger partial charge on any atom is -0.423 e. The average molecular weight is 308 g/mol. The number of hydrogen-bond donors (Lipinski definition) is 0. The van der Waals surface area contributed by atoms with E-state index in [-0.39, 0.29) is 5.91 Å². The molecule has 2 rings (SSSR count). The lowest BCUT2D eigenvalue weighted by Gasteiger charge is -2.16. The molecule has 1 aromatic heterocycles. The van der Waals surface area contributed by atoms with Crippen molar-refractivity contribution in [1.29, 1.82) is 0 Å². The summed E-state index contributed by atoms with van der Waals surface area (Å²) in [6, 6.07) is 6.53. The summed E-state index contributed by atoms with van der Waals surface area (Å²) < 4.78 is 5.92. The van der Waals surface area contributed by atoms with E-state index in [9.17, 15) is 9.59 Å². The van der Waals surface area contributed by atoms with Gasteiger partial charge in [-0.25, -0.2) is 4.79 Å². The molecular formula is C13H10BrNO3. The number of likely N-dealkylation sites (N-methyl/N-ethyl adjacent to an activating group) is 1. The van der Waals surface area contributed by atoms with Crippen molar-refractivity contribution in [3.8, 4) is 0 Å². The van der Waals surface area contributed by atoms with Gasteiger partial charge in [0.25, 0.3) is 0 Å². The maximum atomic E-state index is 11.6. The summed E-state index contributed by atoms with van der Waals surface area (Å²) in [5.74, 6) is -0.290. The Bertz CT molecular complexity index is 690. The van der Waals surface area contributed by atoms with Crippen LogP contribution in [-0.4, -0.2) is 13.0 Å². The molecule has 5 heteroatoms. The maximum Gasteiger partial charge on any atom is 0.338 e. The summed E-state index contributed by atoms with van der Waals surface area (Å²) in [7, 11) is 1.58. The van der Waals surface area contributed by atoms with E-state index >= 15 is 0 Å². The largest absolute Gasteiger partial charge is 0.423 e. The van der Waals surface area contributed by atoms with Gasteiger partial charge in [0.05, 0.1) is 5.69 Å². The van der Waals surface area contributed by atoms with Gasteiger partial charge in [-0.05, 0) is 24.3 Å². The molecule has 0 fully saturated rings. The third-order valence-electron chi connectivity index (χ3n) is 2.55. The number of rotatable bonds is 2. The van der Waals surface area contributed by atoms with Crippen molar-refractivity contribution in [2.24, 2.45) is 0 Å². The molecule has 0 aliphatic heterocycles. The zero-order valence-corrected chi connectivity index (χ0v) is 11.2. The predicted octanol–water partition coefficient (Wildman–Crippen LogP) is 2.70. The Hall–Kier alpha value is -1.88.